The van der Waals surface area contributed by atoms with Crippen LogP contribution in [0.1, 0.15) is 36.5 Å². The fraction of sp³-hybridized carbons (Fsp3) is 0.393. The number of hydrogen-bond acceptors (Lipinski definition) is 6. The Labute approximate surface area is 207 Å². The number of nitrogens with zero attached hydrogens (tertiary/aromatic N) is 1. The number of fused-ring (bicyclic) bond motifs is 1. The molecule has 0 aromatic heterocycles. The topological polar surface area (TPSA) is 69.3 Å². The average Bonchev–Trinajstić information content (AvgIpc) is 3.38. The fourth-order valence-corrected chi connectivity index (χ4v) is 4.96. The molecule has 186 valence electrons. The van der Waals surface area contributed by atoms with Crippen LogP contribution in [0.3, 0.4) is 0 Å². The van der Waals surface area contributed by atoms with Gasteiger partial charge in [0.1, 0.15) is 5.75 Å². The summed E-state index contributed by atoms with van der Waals surface area (Å²) in [5.74, 6) is 2.54. The predicted octanol–water partition coefficient (Wildman–Crippen LogP) is 4.26. The molecule has 1 amide bonds. The van der Waals surface area contributed by atoms with Crippen molar-refractivity contribution in [2.24, 2.45) is 0 Å². The first-order valence-corrected chi connectivity index (χ1v) is 11.8. The molecule has 7 heteroatoms. The molecule has 1 aliphatic carbocycles. The monoisotopic (exact) mass is 478 g/mol. The second kappa shape index (κ2) is 10.4. The van der Waals surface area contributed by atoms with E-state index in [9.17, 15) is 4.79 Å². The van der Waals surface area contributed by atoms with Crippen LogP contribution in [-0.2, 0) is 4.79 Å². The van der Waals surface area contributed by atoms with E-state index in [0.29, 0.717) is 23.7 Å². The Bertz CT molecular complexity index is 1160. The highest BCUT2D eigenvalue weighted by molar-refractivity contribution is 6.08. The minimum Gasteiger partial charge on any atom is -0.497 e. The van der Waals surface area contributed by atoms with Gasteiger partial charge in [-0.3, -0.25) is 4.79 Å². The first-order valence-electron chi connectivity index (χ1n) is 11.8. The lowest BCUT2D eigenvalue weighted by molar-refractivity contribution is -0.120. The number of likely N-dealkylation sites (tertiary alicyclic amines) is 1. The molecule has 0 unspecified atom stereocenters. The van der Waals surface area contributed by atoms with E-state index in [1.807, 2.05) is 24.3 Å². The summed E-state index contributed by atoms with van der Waals surface area (Å²) in [6, 6.07) is 10.1. The van der Waals surface area contributed by atoms with Crippen molar-refractivity contribution in [2.75, 3.05) is 48.6 Å². The highest BCUT2D eigenvalue weighted by Crippen LogP contribution is 2.46. The first kappa shape index (κ1) is 24.7. The predicted molar refractivity (Wildman–Crippen MR) is 138 cm³/mol. The largest absolute Gasteiger partial charge is 0.497 e. The molecule has 1 atom stereocenters. The molecule has 1 aliphatic heterocycles. The number of allylic oxidation sites excluding steroid dienone is 2. The molecule has 35 heavy (non-hydrogen) atoms. The summed E-state index contributed by atoms with van der Waals surface area (Å²) in [4.78, 5) is 15.3. The van der Waals surface area contributed by atoms with Gasteiger partial charge in [0.25, 0.3) is 0 Å². The average molecular weight is 479 g/mol. The van der Waals surface area contributed by atoms with Crippen LogP contribution in [-0.4, -0.2) is 65.4 Å². The van der Waals surface area contributed by atoms with Crippen molar-refractivity contribution in [3.63, 3.8) is 0 Å². The number of carbonyl (C=O) groups is 1. The second-order valence-electron chi connectivity index (χ2n) is 9.02. The van der Waals surface area contributed by atoms with Crippen LogP contribution in [0.4, 0.5) is 0 Å². The number of amides is 1. The number of carbonyl (C=O) groups excluding carboxylic acids is 1. The molecule has 0 saturated carbocycles. The van der Waals surface area contributed by atoms with E-state index in [2.05, 4.69) is 36.3 Å². The molecular formula is C28H34N2O5. The Hall–Kier alpha value is -3.45. The van der Waals surface area contributed by atoms with Crippen molar-refractivity contribution in [3.05, 3.63) is 52.6 Å². The SMILES string of the molecule is COc1ccc2c(c1)C(CC(=O)N[C@@H]1CCN(C)C1)=C(C)C2=Cc1cc(OC)c(OC)c(OC)c1. The molecule has 1 N–H and O–H groups in total. The van der Waals surface area contributed by atoms with Gasteiger partial charge < -0.3 is 29.2 Å². The molecule has 0 bridgehead atoms. The van der Waals surface area contributed by atoms with Crippen LogP contribution < -0.4 is 24.3 Å². The third-order valence-corrected chi connectivity index (χ3v) is 6.79. The molecule has 2 aliphatic rings. The van der Waals surface area contributed by atoms with Crippen molar-refractivity contribution < 1.29 is 23.7 Å². The zero-order valence-corrected chi connectivity index (χ0v) is 21.4. The number of likely N-dealkylation sites (N-methyl/N-ethyl adjacent to an activating group) is 1. The minimum atomic E-state index is 0.0439. The lowest BCUT2D eigenvalue weighted by Crippen LogP contribution is -2.36. The fourth-order valence-electron chi connectivity index (χ4n) is 4.96. The van der Waals surface area contributed by atoms with Crippen molar-refractivity contribution in [1.29, 1.82) is 0 Å². The molecule has 1 fully saturated rings. The van der Waals surface area contributed by atoms with Crippen LogP contribution in [0.15, 0.2) is 35.9 Å². The number of benzene rings is 2. The molecule has 1 saturated heterocycles. The summed E-state index contributed by atoms with van der Waals surface area (Å²) >= 11 is 0. The van der Waals surface area contributed by atoms with E-state index < -0.39 is 0 Å². The van der Waals surface area contributed by atoms with Gasteiger partial charge in [-0.05, 0) is 90.7 Å². The first-order chi connectivity index (χ1) is 16.9. The van der Waals surface area contributed by atoms with E-state index in [0.717, 1.165) is 58.7 Å². The number of ether oxygens (including phenoxy) is 4. The summed E-state index contributed by atoms with van der Waals surface area (Å²) < 4.78 is 22.0. The van der Waals surface area contributed by atoms with Gasteiger partial charge in [-0.25, -0.2) is 0 Å². The molecule has 2 aromatic rings. The van der Waals surface area contributed by atoms with E-state index in [1.165, 1.54) is 0 Å². The van der Waals surface area contributed by atoms with E-state index in [1.54, 1.807) is 28.4 Å². The molecule has 7 nitrogen and oxygen atoms in total. The third kappa shape index (κ3) is 5.00. The van der Waals surface area contributed by atoms with Crippen LogP contribution in [0.2, 0.25) is 0 Å². The van der Waals surface area contributed by atoms with Crippen LogP contribution in [0, 0.1) is 0 Å². The number of hydrogen-bond donors (Lipinski definition) is 1. The summed E-state index contributed by atoms with van der Waals surface area (Å²) in [5, 5.41) is 3.21. The van der Waals surface area contributed by atoms with Crippen molar-refractivity contribution in [2.45, 2.75) is 25.8 Å². The summed E-state index contributed by atoms with van der Waals surface area (Å²) in [6.45, 7) is 3.97. The normalized spacial score (nSPS) is 18.6. The smallest absolute Gasteiger partial charge is 0.224 e. The number of methoxy groups -OCH3 is 4. The van der Waals surface area contributed by atoms with Gasteiger partial charge in [-0.1, -0.05) is 6.07 Å². The van der Waals surface area contributed by atoms with Gasteiger partial charge in [0.2, 0.25) is 11.7 Å². The number of rotatable bonds is 8. The Morgan fingerprint density at radius 2 is 1.74 bits per heavy atom. The zero-order chi connectivity index (χ0) is 25.1. The Morgan fingerprint density at radius 3 is 2.31 bits per heavy atom. The van der Waals surface area contributed by atoms with Gasteiger partial charge in [-0.15, -0.1) is 0 Å². The van der Waals surface area contributed by atoms with E-state index in [-0.39, 0.29) is 11.9 Å². The van der Waals surface area contributed by atoms with Crippen molar-refractivity contribution in [3.8, 4) is 23.0 Å². The maximum atomic E-state index is 13.0. The standard InChI is InChI=1S/C28H34N2O5/c1-17-22(11-18-12-25(33-4)28(35-6)26(13-18)34-5)21-8-7-20(32-3)14-24(21)23(17)15-27(31)29-19-9-10-30(2)16-19/h7-8,11-14,19H,9-10,15-16H2,1-6H3,(H,29,31)/t19-/m1/s1. The van der Waals surface area contributed by atoms with E-state index in [4.69, 9.17) is 18.9 Å². The molecule has 1 heterocycles. The Balaban J connectivity index is 1.73. The van der Waals surface area contributed by atoms with Crippen LogP contribution in [0.5, 0.6) is 23.0 Å². The maximum absolute atomic E-state index is 13.0. The number of nitrogens with one attached hydrogen (secondary N) is 1. The van der Waals surface area contributed by atoms with Crippen LogP contribution in [0.25, 0.3) is 17.2 Å². The lowest BCUT2D eigenvalue weighted by Gasteiger charge is -2.14. The highest BCUT2D eigenvalue weighted by atomic mass is 16.5. The van der Waals surface area contributed by atoms with Crippen molar-refractivity contribution >= 4 is 23.1 Å². The third-order valence-electron chi connectivity index (χ3n) is 6.79. The maximum Gasteiger partial charge on any atom is 0.224 e. The van der Waals surface area contributed by atoms with Gasteiger partial charge >= 0.3 is 0 Å². The summed E-state index contributed by atoms with van der Waals surface area (Å²) in [5.41, 5.74) is 6.15. The quantitative estimate of drug-likeness (QED) is 0.612. The highest BCUT2D eigenvalue weighted by Gasteiger charge is 2.28. The molecule has 0 spiro atoms. The molecule has 0 radical (unpaired) electrons. The van der Waals surface area contributed by atoms with Gasteiger partial charge in [0.15, 0.2) is 11.5 Å². The molecule has 2 aromatic carbocycles. The molecular weight excluding hydrogens is 444 g/mol. The second-order valence-corrected chi connectivity index (χ2v) is 9.02. The van der Waals surface area contributed by atoms with Crippen LogP contribution >= 0.6 is 0 Å². The molecule has 4 rings (SSSR count). The lowest BCUT2D eigenvalue weighted by atomic mass is 10.00. The van der Waals surface area contributed by atoms with E-state index >= 15 is 0 Å². The van der Waals surface area contributed by atoms with Gasteiger partial charge in [0, 0.05) is 12.6 Å². The Morgan fingerprint density at radius 1 is 1.03 bits per heavy atom. The van der Waals surface area contributed by atoms with Gasteiger partial charge in [0.05, 0.1) is 34.9 Å². The summed E-state index contributed by atoms with van der Waals surface area (Å²) in [6.07, 6.45) is 3.40. The summed E-state index contributed by atoms with van der Waals surface area (Å²) in [7, 11) is 8.54. The van der Waals surface area contributed by atoms with Gasteiger partial charge in [-0.2, -0.15) is 0 Å². The minimum absolute atomic E-state index is 0.0439. The van der Waals surface area contributed by atoms with Crippen molar-refractivity contribution in [1.82, 2.24) is 10.2 Å². The Kier molecular flexibility index (Phi) is 7.36. The zero-order valence-electron chi connectivity index (χ0n) is 21.4.